The normalized spacial score (nSPS) is 17.0. The summed E-state index contributed by atoms with van der Waals surface area (Å²) in [5, 5.41) is 5.18. The zero-order chi connectivity index (χ0) is 18.5. The molecule has 1 fully saturated rings. The highest BCUT2D eigenvalue weighted by Crippen LogP contribution is 2.26. The molecule has 2 rings (SSSR count). The van der Waals surface area contributed by atoms with Gasteiger partial charge in [0, 0.05) is 32.0 Å². The van der Waals surface area contributed by atoms with E-state index in [1.807, 2.05) is 0 Å². The van der Waals surface area contributed by atoms with Gasteiger partial charge >= 0.3 is 0 Å². The van der Waals surface area contributed by atoms with E-state index in [9.17, 15) is 4.79 Å². The number of amides is 1. The number of aliphatic imine (C=N–C) groups is 1. The van der Waals surface area contributed by atoms with Crippen molar-refractivity contribution in [2.45, 2.75) is 19.3 Å². The molecule has 1 aliphatic heterocycles. The van der Waals surface area contributed by atoms with Crippen LogP contribution in [-0.4, -0.2) is 51.0 Å². The van der Waals surface area contributed by atoms with Gasteiger partial charge in [-0.3, -0.25) is 15.1 Å². The molecule has 1 aliphatic rings. The van der Waals surface area contributed by atoms with E-state index in [0.29, 0.717) is 5.96 Å². The van der Waals surface area contributed by atoms with Crippen LogP contribution in [-0.2, 0) is 4.79 Å². The van der Waals surface area contributed by atoms with Gasteiger partial charge in [-0.05, 0) is 43.6 Å². The number of likely N-dealkylation sites (tertiary alicyclic amines) is 1. The Morgan fingerprint density at radius 2 is 1.92 bits per heavy atom. The second-order valence-electron chi connectivity index (χ2n) is 5.30. The number of hydrogen-bond acceptors (Lipinski definition) is 3. The number of nitrogens with one attached hydrogen (secondary N) is 2. The second-order valence-corrected chi connectivity index (χ2v) is 6.22. The molecular formula is C18H27BrN4O. The molecule has 0 aliphatic carbocycles. The standard InChI is InChI=1S/C11H14BrN.C5H11N3O.C2H2/c1-13-7-6-10(8-13)9-2-4-11(12)5-3-9;1-4(9)8-5(6-2)7-3;1-2/h2-5,10H,6-8H2,1H3;1-3H3,(H2,6,7,8,9);1-2H/t10-;;/m1../s1. The molecule has 0 unspecified atom stereocenters. The summed E-state index contributed by atoms with van der Waals surface area (Å²) in [6, 6.07) is 8.73. The van der Waals surface area contributed by atoms with Gasteiger partial charge in [0.25, 0.3) is 0 Å². The first-order valence-electron chi connectivity index (χ1n) is 7.65. The van der Waals surface area contributed by atoms with E-state index in [1.165, 1.54) is 36.5 Å². The number of carbonyl (C=O) groups excluding carboxylic acids is 1. The number of nitrogens with zero attached hydrogens (tertiary/aromatic N) is 2. The maximum Gasteiger partial charge on any atom is 0.223 e. The fraction of sp³-hybridized carbons (Fsp3) is 0.444. The lowest BCUT2D eigenvalue weighted by Crippen LogP contribution is -2.37. The van der Waals surface area contributed by atoms with Gasteiger partial charge in [0.1, 0.15) is 0 Å². The van der Waals surface area contributed by atoms with E-state index in [1.54, 1.807) is 14.1 Å². The van der Waals surface area contributed by atoms with Crippen molar-refractivity contribution in [3.8, 4) is 12.8 Å². The van der Waals surface area contributed by atoms with Crippen molar-refractivity contribution < 1.29 is 4.79 Å². The number of terminal acetylenes is 1. The van der Waals surface area contributed by atoms with Crippen molar-refractivity contribution in [1.82, 2.24) is 15.5 Å². The van der Waals surface area contributed by atoms with Gasteiger partial charge in [-0.1, -0.05) is 28.1 Å². The predicted octanol–water partition coefficient (Wildman–Crippen LogP) is 2.45. The molecule has 0 aromatic heterocycles. The molecule has 1 atom stereocenters. The first-order valence-corrected chi connectivity index (χ1v) is 8.45. The molecule has 0 saturated carbocycles. The monoisotopic (exact) mass is 394 g/mol. The quantitative estimate of drug-likeness (QED) is 0.436. The van der Waals surface area contributed by atoms with Crippen LogP contribution in [0, 0.1) is 12.8 Å². The molecule has 1 aromatic carbocycles. The summed E-state index contributed by atoms with van der Waals surface area (Å²) in [6.45, 7) is 3.88. The minimum absolute atomic E-state index is 0.120. The molecule has 24 heavy (non-hydrogen) atoms. The lowest BCUT2D eigenvalue weighted by atomic mass is 9.99. The minimum atomic E-state index is -0.120. The SMILES string of the molecule is C#C.CN1CC[C@@H](c2ccc(Br)cc2)C1.CN=C(NC)NC(C)=O. The van der Waals surface area contributed by atoms with Gasteiger partial charge in [-0.15, -0.1) is 12.8 Å². The molecule has 1 saturated heterocycles. The van der Waals surface area contributed by atoms with Crippen LogP contribution in [0.25, 0.3) is 0 Å². The van der Waals surface area contributed by atoms with Crippen LogP contribution in [0.1, 0.15) is 24.8 Å². The number of hydrogen-bond donors (Lipinski definition) is 2. The van der Waals surface area contributed by atoms with E-state index in [-0.39, 0.29) is 5.91 Å². The Labute approximate surface area is 154 Å². The second kappa shape index (κ2) is 12.6. The molecule has 6 heteroatoms. The molecule has 1 aromatic rings. The Bertz CT molecular complexity index is 540. The number of guanidine groups is 1. The largest absolute Gasteiger partial charge is 0.359 e. The highest BCUT2D eigenvalue weighted by atomic mass is 79.9. The molecule has 0 spiro atoms. The van der Waals surface area contributed by atoms with Gasteiger partial charge in [-0.2, -0.15) is 0 Å². The highest BCUT2D eigenvalue weighted by molar-refractivity contribution is 9.10. The third-order valence-electron chi connectivity index (χ3n) is 3.49. The molecule has 0 bridgehead atoms. The smallest absolute Gasteiger partial charge is 0.223 e. The summed E-state index contributed by atoms with van der Waals surface area (Å²) < 4.78 is 1.17. The van der Waals surface area contributed by atoms with Gasteiger partial charge < -0.3 is 10.2 Å². The fourth-order valence-electron chi connectivity index (χ4n) is 2.34. The third kappa shape index (κ3) is 8.70. The minimum Gasteiger partial charge on any atom is -0.359 e. The molecular weight excluding hydrogens is 368 g/mol. The maximum absolute atomic E-state index is 10.3. The number of benzene rings is 1. The van der Waals surface area contributed by atoms with Gasteiger partial charge in [-0.25, -0.2) is 0 Å². The van der Waals surface area contributed by atoms with Crippen molar-refractivity contribution in [1.29, 1.82) is 0 Å². The molecule has 5 nitrogen and oxygen atoms in total. The van der Waals surface area contributed by atoms with E-state index >= 15 is 0 Å². The number of rotatable bonds is 1. The number of likely N-dealkylation sites (N-methyl/N-ethyl adjacent to an activating group) is 1. The van der Waals surface area contributed by atoms with Crippen LogP contribution >= 0.6 is 15.9 Å². The Kier molecular flexibility index (Phi) is 11.6. The number of halogens is 1. The topological polar surface area (TPSA) is 56.7 Å². The molecule has 132 valence electrons. The number of carbonyl (C=O) groups is 1. The summed E-state index contributed by atoms with van der Waals surface area (Å²) in [4.78, 5) is 16.5. The van der Waals surface area contributed by atoms with Crippen molar-refractivity contribution in [2.75, 3.05) is 34.2 Å². The first kappa shape index (κ1) is 22.2. The lowest BCUT2D eigenvalue weighted by molar-refractivity contribution is -0.117. The van der Waals surface area contributed by atoms with Crippen LogP contribution in [0.15, 0.2) is 33.7 Å². The highest BCUT2D eigenvalue weighted by Gasteiger charge is 2.20. The van der Waals surface area contributed by atoms with Crippen molar-refractivity contribution in [3.63, 3.8) is 0 Å². The average Bonchev–Trinajstić information content (AvgIpc) is 3.02. The Balaban J connectivity index is 0.000000426. The average molecular weight is 395 g/mol. The van der Waals surface area contributed by atoms with Crippen LogP contribution in [0.2, 0.25) is 0 Å². The lowest BCUT2D eigenvalue weighted by Gasteiger charge is -2.10. The molecule has 0 radical (unpaired) electrons. The molecule has 1 amide bonds. The van der Waals surface area contributed by atoms with E-state index in [2.05, 4.69) is 80.6 Å². The van der Waals surface area contributed by atoms with Crippen LogP contribution in [0.5, 0.6) is 0 Å². The van der Waals surface area contributed by atoms with Crippen molar-refractivity contribution >= 4 is 27.8 Å². The van der Waals surface area contributed by atoms with E-state index in [4.69, 9.17) is 0 Å². The first-order chi connectivity index (χ1) is 11.5. The van der Waals surface area contributed by atoms with Crippen LogP contribution in [0.4, 0.5) is 0 Å². The van der Waals surface area contributed by atoms with Crippen LogP contribution < -0.4 is 10.6 Å². The van der Waals surface area contributed by atoms with E-state index in [0.717, 1.165) is 5.92 Å². The zero-order valence-electron chi connectivity index (χ0n) is 14.8. The van der Waals surface area contributed by atoms with Crippen molar-refractivity contribution in [3.05, 3.63) is 34.3 Å². The summed E-state index contributed by atoms with van der Waals surface area (Å²) in [5.74, 6) is 1.12. The van der Waals surface area contributed by atoms with Gasteiger partial charge in [0.2, 0.25) is 5.91 Å². The molecule has 1 heterocycles. The predicted molar refractivity (Wildman–Crippen MR) is 105 cm³/mol. The van der Waals surface area contributed by atoms with E-state index < -0.39 is 0 Å². The Morgan fingerprint density at radius 3 is 2.25 bits per heavy atom. The van der Waals surface area contributed by atoms with Gasteiger partial charge in [0.15, 0.2) is 5.96 Å². The zero-order valence-corrected chi connectivity index (χ0v) is 16.4. The molecule has 2 N–H and O–H groups in total. The third-order valence-corrected chi connectivity index (χ3v) is 4.02. The fourth-order valence-corrected chi connectivity index (χ4v) is 2.60. The summed E-state index contributed by atoms with van der Waals surface area (Å²) in [5.41, 5.74) is 1.48. The Morgan fingerprint density at radius 1 is 1.33 bits per heavy atom. The summed E-state index contributed by atoms with van der Waals surface area (Å²) in [7, 11) is 5.49. The van der Waals surface area contributed by atoms with Crippen molar-refractivity contribution in [2.24, 2.45) is 4.99 Å². The summed E-state index contributed by atoms with van der Waals surface area (Å²) in [6.07, 6.45) is 9.30. The maximum atomic E-state index is 10.3. The Hall–Kier alpha value is -1.84. The summed E-state index contributed by atoms with van der Waals surface area (Å²) >= 11 is 3.46. The van der Waals surface area contributed by atoms with Crippen LogP contribution in [0.3, 0.4) is 0 Å². The van der Waals surface area contributed by atoms with Gasteiger partial charge in [0.05, 0.1) is 0 Å².